The summed E-state index contributed by atoms with van der Waals surface area (Å²) >= 11 is 0. The molecular weight excluding hydrogens is 398 g/mol. The second kappa shape index (κ2) is 24.3. The van der Waals surface area contributed by atoms with E-state index in [1.54, 1.807) is 0 Å². The summed E-state index contributed by atoms with van der Waals surface area (Å²) in [5.41, 5.74) is 0. The normalized spacial score (nSPS) is 14.3. The van der Waals surface area contributed by atoms with E-state index in [4.69, 9.17) is 14.0 Å². The van der Waals surface area contributed by atoms with Crippen LogP contribution in [0.2, 0.25) is 0 Å². The zero-order chi connectivity index (χ0) is 21.6. The molecule has 0 aliphatic carbocycles. The number of rotatable bonds is 23. The van der Waals surface area contributed by atoms with Crippen LogP contribution < -0.4 is 23.8 Å². The molecule has 8 heteroatoms. The van der Waals surface area contributed by atoms with E-state index in [-0.39, 0.29) is 32.1 Å². The largest absolute Gasteiger partial charge is 1.00 e. The Morgan fingerprint density at radius 2 is 1.17 bits per heavy atom. The van der Waals surface area contributed by atoms with Crippen molar-refractivity contribution in [3.8, 4) is 0 Å². The molecule has 6 nitrogen and oxygen atoms in total. The van der Waals surface area contributed by atoms with Gasteiger partial charge in [-0.1, -0.05) is 90.4 Å². The van der Waals surface area contributed by atoms with Gasteiger partial charge in [0.2, 0.25) is 0 Å². The van der Waals surface area contributed by atoms with Crippen molar-refractivity contribution in [3.05, 3.63) is 0 Å². The zero-order valence-electron chi connectivity index (χ0n) is 20.2. The van der Waals surface area contributed by atoms with E-state index in [0.29, 0.717) is 13.2 Å². The summed E-state index contributed by atoms with van der Waals surface area (Å²) in [6.45, 7) is 5.58. The van der Waals surface area contributed by atoms with Gasteiger partial charge in [0, 0.05) is 20.3 Å². The predicted octanol–water partition coefficient (Wildman–Crippen LogP) is 3.02. The van der Waals surface area contributed by atoms with Gasteiger partial charge in [-0.3, -0.25) is 4.57 Å². The van der Waals surface area contributed by atoms with Gasteiger partial charge < -0.3 is 23.4 Å². The minimum Gasteiger partial charge on any atom is -0.756 e. The Kier molecular flexibility index (Phi) is 26.5. The molecule has 0 rings (SSSR count). The molecule has 0 aliphatic rings. The Hall–Kier alpha value is 0.627. The summed E-state index contributed by atoms with van der Waals surface area (Å²) < 4.78 is 31.5. The van der Waals surface area contributed by atoms with Crippen molar-refractivity contribution in [2.24, 2.45) is 0 Å². The van der Waals surface area contributed by atoms with Crippen LogP contribution in [-0.2, 0) is 23.1 Å². The summed E-state index contributed by atoms with van der Waals surface area (Å²) in [5, 5.41) is 0. The van der Waals surface area contributed by atoms with Gasteiger partial charge in [-0.25, -0.2) is 0 Å². The molecule has 0 amide bonds. The van der Waals surface area contributed by atoms with E-state index in [2.05, 4.69) is 11.4 Å². The van der Waals surface area contributed by atoms with Gasteiger partial charge >= 0.3 is 18.9 Å². The molecule has 0 aromatic rings. The standard InChI is InChI=1S/C22H47O6P.Li/c1-4-6-7-8-9-10-11-12-13-14-15-16-17-18-19-27-21-22(20-26-5-2)28-29(23,24)25-3;/h22H,4-21H2,1-3H3,(H,23,24);/q;+1/p-1. The summed E-state index contributed by atoms with van der Waals surface area (Å²) in [4.78, 5) is 11.4. The molecular formula is C22H46LiO6P. The van der Waals surface area contributed by atoms with Crippen molar-refractivity contribution in [3.63, 3.8) is 0 Å². The molecule has 0 saturated heterocycles. The first-order valence-electron chi connectivity index (χ1n) is 11.8. The second-order valence-corrected chi connectivity index (χ2v) is 9.16. The van der Waals surface area contributed by atoms with Gasteiger partial charge in [-0.15, -0.1) is 0 Å². The van der Waals surface area contributed by atoms with Crippen molar-refractivity contribution in [2.75, 3.05) is 33.5 Å². The van der Waals surface area contributed by atoms with Crippen molar-refractivity contribution in [1.82, 2.24) is 0 Å². The second-order valence-electron chi connectivity index (χ2n) is 7.69. The SMILES string of the molecule is CCCCCCCCCCCCCCCCOCC(COCC)OP(=O)([O-])OC.[Li+]. The molecule has 176 valence electrons. The summed E-state index contributed by atoms with van der Waals surface area (Å²) in [7, 11) is -3.19. The predicted molar refractivity (Wildman–Crippen MR) is 117 cm³/mol. The molecule has 0 bridgehead atoms. The summed E-state index contributed by atoms with van der Waals surface area (Å²) in [5.74, 6) is 0. The average molecular weight is 445 g/mol. The molecule has 0 aliphatic heterocycles. The van der Waals surface area contributed by atoms with E-state index in [9.17, 15) is 9.46 Å². The number of phosphoric ester groups is 1. The van der Waals surface area contributed by atoms with Crippen LogP contribution in [0.5, 0.6) is 0 Å². The van der Waals surface area contributed by atoms with Crippen LogP contribution in [0.1, 0.15) is 104 Å². The smallest absolute Gasteiger partial charge is 0.756 e. The van der Waals surface area contributed by atoms with Crippen LogP contribution in [0.25, 0.3) is 0 Å². The van der Waals surface area contributed by atoms with Crippen LogP contribution >= 0.6 is 7.82 Å². The molecule has 0 saturated carbocycles. The van der Waals surface area contributed by atoms with Crippen molar-refractivity contribution in [1.29, 1.82) is 0 Å². The van der Waals surface area contributed by atoms with Crippen LogP contribution in [0.4, 0.5) is 0 Å². The first-order chi connectivity index (χ1) is 14.1. The first-order valence-corrected chi connectivity index (χ1v) is 13.2. The monoisotopic (exact) mass is 444 g/mol. The summed E-state index contributed by atoms with van der Waals surface area (Å²) in [6.07, 6.45) is 17.8. The fraction of sp³-hybridized carbons (Fsp3) is 1.00. The number of hydrogen-bond donors (Lipinski definition) is 0. The maximum Gasteiger partial charge on any atom is 1.00 e. The van der Waals surface area contributed by atoms with Gasteiger partial charge in [0.05, 0.1) is 13.2 Å². The molecule has 2 atom stereocenters. The molecule has 0 heterocycles. The molecule has 0 aromatic carbocycles. The fourth-order valence-electron chi connectivity index (χ4n) is 3.20. The third kappa shape index (κ3) is 23.3. The molecule has 0 N–H and O–H groups in total. The molecule has 0 fully saturated rings. The van der Waals surface area contributed by atoms with Crippen LogP contribution in [0.15, 0.2) is 0 Å². The minimum absolute atomic E-state index is 0. The Labute approximate surface area is 197 Å². The quantitative estimate of drug-likeness (QED) is 0.137. The molecule has 2 unspecified atom stereocenters. The number of hydrogen-bond acceptors (Lipinski definition) is 6. The van der Waals surface area contributed by atoms with Gasteiger partial charge in [0.25, 0.3) is 7.82 Å². The molecule has 0 spiro atoms. The number of phosphoric acid groups is 1. The van der Waals surface area contributed by atoms with E-state index in [0.717, 1.165) is 20.0 Å². The van der Waals surface area contributed by atoms with E-state index < -0.39 is 13.9 Å². The zero-order valence-corrected chi connectivity index (χ0v) is 21.1. The molecule has 0 aromatic heterocycles. The third-order valence-electron chi connectivity index (χ3n) is 4.96. The van der Waals surface area contributed by atoms with Crippen molar-refractivity contribution in [2.45, 2.75) is 110 Å². The van der Waals surface area contributed by atoms with Gasteiger partial charge in [-0.05, 0) is 13.3 Å². The van der Waals surface area contributed by atoms with E-state index >= 15 is 0 Å². The average Bonchev–Trinajstić information content (AvgIpc) is 2.71. The van der Waals surface area contributed by atoms with Crippen LogP contribution in [-0.4, -0.2) is 39.6 Å². The Morgan fingerprint density at radius 3 is 1.60 bits per heavy atom. The molecule has 0 radical (unpaired) electrons. The maximum atomic E-state index is 11.4. The topological polar surface area (TPSA) is 77.1 Å². The third-order valence-corrected chi connectivity index (χ3v) is 5.96. The number of unbranched alkanes of at least 4 members (excludes halogenated alkanes) is 13. The Balaban J connectivity index is 0. The minimum atomic E-state index is -4.27. The summed E-state index contributed by atoms with van der Waals surface area (Å²) in [6, 6.07) is 0. The number of ether oxygens (including phenoxy) is 2. The maximum absolute atomic E-state index is 11.4. The fourth-order valence-corrected chi connectivity index (χ4v) is 3.77. The van der Waals surface area contributed by atoms with E-state index in [1.807, 2.05) is 6.92 Å². The molecule has 30 heavy (non-hydrogen) atoms. The Bertz CT molecular complexity index is 387. The van der Waals surface area contributed by atoms with Crippen molar-refractivity contribution >= 4 is 7.82 Å². The van der Waals surface area contributed by atoms with Crippen molar-refractivity contribution < 1.29 is 46.8 Å². The Morgan fingerprint density at radius 1 is 0.733 bits per heavy atom. The van der Waals surface area contributed by atoms with Crippen LogP contribution in [0, 0.1) is 0 Å². The van der Waals surface area contributed by atoms with Gasteiger partial charge in [0.15, 0.2) is 0 Å². The first kappa shape index (κ1) is 32.8. The van der Waals surface area contributed by atoms with E-state index in [1.165, 1.54) is 77.0 Å². The van der Waals surface area contributed by atoms with Gasteiger partial charge in [0.1, 0.15) is 6.10 Å². The van der Waals surface area contributed by atoms with Crippen LogP contribution in [0.3, 0.4) is 0 Å². The van der Waals surface area contributed by atoms with Gasteiger partial charge in [-0.2, -0.15) is 0 Å².